The molecule has 1 unspecified atom stereocenters. The number of ether oxygens (including phenoxy) is 1. The van der Waals surface area contributed by atoms with Gasteiger partial charge in [-0.1, -0.05) is 0 Å². The van der Waals surface area contributed by atoms with Crippen LogP contribution in [0.3, 0.4) is 0 Å². The zero-order chi connectivity index (χ0) is 21.5. The number of aromatic nitrogens is 1. The molecule has 0 spiro atoms. The molecule has 1 N–H and O–H groups in total. The number of esters is 1. The van der Waals surface area contributed by atoms with Crippen molar-refractivity contribution in [3.63, 3.8) is 0 Å². The van der Waals surface area contributed by atoms with Crippen LogP contribution in [-0.4, -0.2) is 28.2 Å². The van der Waals surface area contributed by atoms with Gasteiger partial charge in [0, 0.05) is 22.7 Å². The number of phenols is 1. The largest absolute Gasteiger partial charge is 0.505 e. The van der Waals surface area contributed by atoms with Gasteiger partial charge < -0.3 is 9.84 Å². The standard InChI is InChI=1S/C21H18F3NO4/c1-4-29-21(28)10(2)19-11(3)25(17-9-16(24)18(26)8-13(17)19)20(27)12-5-6-14(22)15(23)7-12/h5-10,26H,4H2,1-3H3. The first kappa shape index (κ1) is 20.4. The normalized spacial score (nSPS) is 12.2. The highest BCUT2D eigenvalue weighted by Crippen LogP contribution is 2.36. The maximum Gasteiger partial charge on any atom is 0.313 e. The Balaban J connectivity index is 2.28. The summed E-state index contributed by atoms with van der Waals surface area (Å²) in [6.07, 6.45) is 0. The summed E-state index contributed by atoms with van der Waals surface area (Å²) in [4.78, 5) is 25.3. The third-order valence-corrected chi connectivity index (χ3v) is 4.76. The third-order valence-electron chi connectivity index (χ3n) is 4.76. The summed E-state index contributed by atoms with van der Waals surface area (Å²) in [7, 11) is 0. The zero-order valence-corrected chi connectivity index (χ0v) is 15.9. The van der Waals surface area contributed by atoms with E-state index in [1.54, 1.807) is 13.8 Å². The van der Waals surface area contributed by atoms with E-state index in [4.69, 9.17) is 4.74 Å². The van der Waals surface area contributed by atoms with E-state index in [-0.39, 0.29) is 23.1 Å². The second-order valence-electron chi connectivity index (χ2n) is 6.56. The Hall–Kier alpha value is -3.29. The lowest BCUT2D eigenvalue weighted by atomic mass is 9.98. The Kier molecular flexibility index (Phi) is 5.37. The summed E-state index contributed by atoms with van der Waals surface area (Å²) < 4.78 is 47.1. The predicted molar refractivity (Wildman–Crippen MR) is 99.4 cm³/mol. The highest BCUT2D eigenvalue weighted by Gasteiger charge is 2.28. The van der Waals surface area contributed by atoms with Crippen LogP contribution >= 0.6 is 0 Å². The monoisotopic (exact) mass is 405 g/mol. The first-order chi connectivity index (χ1) is 13.7. The molecule has 0 saturated heterocycles. The lowest BCUT2D eigenvalue weighted by Gasteiger charge is -2.12. The zero-order valence-electron chi connectivity index (χ0n) is 15.9. The van der Waals surface area contributed by atoms with Crippen molar-refractivity contribution in [1.82, 2.24) is 4.57 Å². The molecule has 0 aliphatic rings. The molecule has 0 aliphatic carbocycles. The van der Waals surface area contributed by atoms with Gasteiger partial charge in [0.05, 0.1) is 18.0 Å². The molecule has 3 aromatic rings. The Morgan fingerprint density at radius 2 is 1.79 bits per heavy atom. The fourth-order valence-corrected chi connectivity index (χ4v) is 3.40. The summed E-state index contributed by atoms with van der Waals surface area (Å²) >= 11 is 0. The van der Waals surface area contributed by atoms with Crippen LogP contribution in [-0.2, 0) is 9.53 Å². The lowest BCUT2D eigenvalue weighted by Crippen LogP contribution is -2.17. The minimum absolute atomic E-state index is 0.0821. The fraction of sp³-hybridized carbons (Fsp3) is 0.238. The molecule has 1 atom stereocenters. The predicted octanol–water partition coefficient (Wildman–Crippen LogP) is 4.43. The van der Waals surface area contributed by atoms with Crippen molar-refractivity contribution < 1.29 is 32.6 Å². The van der Waals surface area contributed by atoms with Crippen LogP contribution in [0.5, 0.6) is 5.75 Å². The van der Waals surface area contributed by atoms with Crippen LogP contribution in [0, 0.1) is 24.4 Å². The van der Waals surface area contributed by atoms with Gasteiger partial charge in [0.1, 0.15) is 0 Å². The van der Waals surface area contributed by atoms with Crippen LogP contribution in [0.25, 0.3) is 10.9 Å². The molecular weight excluding hydrogens is 387 g/mol. The number of carbonyl (C=O) groups excluding carboxylic acids is 2. The molecule has 3 rings (SSSR count). The molecule has 0 aliphatic heterocycles. The van der Waals surface area contributed by atoms with Crippen LogP contribution < -0.4 is 0 Å². The average molecular weight is 405 g/mol. The Morgan fingerprint density at radius 3 is 2.41 bits per heavy atom. The molecule has 0 radical (unpaired) electrons. The number of phenolic OH excluding ortho intramolecular Hbond substituents is 1. The summed E-state index contributed by atoms with van der Waals surface area (Å²) in [5, 5.41) is 10.1. The van der Waals surface area contributed by atoms with E-state index in [0.29, 0.717) is 11.3 Å². The molecular formula is C21H18F3NO4. The number of fused-ring (bicyclic) bond motifs is 1. The topological polar surface area (TPSA) is 68.5 Å². The summed E-state index contributed by atoms with van der Waals surface area (Å²) in [5.74, 6) is -6.03. The number of carbonyl (C=O) groups is 2. The van der Waals surface area contributed by atoms with E-state index in [1.807, 2.05) is 0 Å². The lowest BCUT2D eigenvalue weighted by molar-refractivity contribution is -0.144. The quantitative estimate of drug-likeness (QED) is 0.652. The molecule has 0 amide bonds. The average Bonchev–Trinajstić information content (AvgIpc) is 2.94. The van der Waals surface area contributed by atoms with Crippen molar-refractivity contribution in [2.45, 2.75) is 26.7 Å². The molecule has 1 aromatic heterocycles. The first-order valence-electron chi connectivity index (χ1n) is 8.87. The number of hydrogen-bond donors (Lipinski definition) is 1. The number of rotatable bonds is 4. The molecule has 0 bridgehead atoms. The van der Waals surface area contributed by atoms with Crippen molar-refractivity contribution in [3.05, 3.63) is 64.6 Å². The number of hydrogen-bond acceptors (Lipinski definition) is 4. The van der Waals surface area contributed by atoms with E-state index >= 15 is 0 Å². The molecule has 152 valence electrons. The van der Waals surface area contributed by atoms with Crippen molar-refractivity contribution in [2.75, 3.05) is 6.61 Å². The van der Waals surface area contributed by atoms with Gasteiger partial charge in [-0.3, -0.25) is 14.2 Å². The van der Waals surface area contributed by atoms with Gasteiger partial charge in [-0.15, -0.1) is 0 Å². The molecule has 0 saturated carbocycles. The van der Waals surface area contributed by atoms with Gasteiger partial charge in [0.25, 0.3) is 5.91 Å². The van der Waals surface area contributed by atoms with Gasteiger partial charge in [-0.05, 0) is 50.6 Å². The molecule has 5 nitrogen and oxygen atoms in total. The third kappa shape index (κ3) is 3.46. The number of nitrogens with zero attached hydrogens (tertiary/aromatic N) is 1. The van der Waals surface area contributed by atoms with Crippen molar-refractivity contribution in [2.24, 2.45) is 0 Å². The molecule has 0 fully saturated rings. The minimum atomic E-state index is -1.20. The van der Waals surface area contributed by atoms with E-state index in [0.717, 1.165) is 34.9 Å². The van der Waals surface area contributed by atoms with Crippen molar-refractivity contribution >= 4 is 22.8 Å². The number of aromatic hydroxyl groups is 1. The molecule has 8 heteroatoms. The Morgan fingerprint density at radius 1 is 1.10 bits per heavy atom. The van der Waals surface area contributed by atoms with Gasteiger partial charge in [0.2, 0.25) is 0 Å². The summed E-state index contributed by atoms with van der Waals surface area (Å²) in [6.45, 7) is 4.90. The van der Waals surface area contributed by atoms with Crippen molar-refractivity contribution in [3.8, 4) is 5.75 Å². The summed E-state index contributed by atoms with van der Waals surface area (Å²) in [5.41, 5.74) is 0.580. The highest BCUT2D eigenvalue weighted by molar-refractivity contribution is 6.05. The smallest absolute Gasteiger partial charge is 0.313 e. The fourth-order valence-electron chi connectivity index (χ4n) is 3.40. The first-order valence-corrected chi connectivity index (χ1v) is 8.87. The van der Waals surface area contributed by atoms with Gasteiger partial charge in [0.15, 0.2) is 23.2 Å². The van der Waals surface area contributed by atoms with E-state index in [9.17, 15) is 27.9 Å². The van der Waals surface area contributed by atoms with Crippen LogP contribution in [0.2, 0.25) is 0 Å². The van der Waals surface area contributed by atoms with Crippen LogP contribution in [0.4, 0.5) is 13.2 Å². The molecule has 1 heterocycles. The van der Waals surface area contributed by atoms with Gasteiger partial charge in [-0.25, -0.2) is 13.2 Å². The van der Waals surface area contributed by atoms with E-state index in [2.05, 4.69) is 0 Å². The molecule has 2 aromatic carbocycles. The molecule has 29 heavy (non-hydrogen) atoms. The number of halogens is 3. The second kappa shape index (κ2) is 7.62. The van der Waals surface area contributed by atoms with Crippen molar-refractivity contribution in [1.29, 1.82) is 0 Å². The van der Waals surface area contributed by atoms with E-state index in [1.165, 1.54) is 6.92 Å². The maximum absolute atomic E-state index is 14.1. The van der Waals surface area contributed by atoms with Gasteiger partial charge >= 0.3 is 5.97 Å². The van der Waals surface area contributed by atoms with E-state index < -0.39 is 41.0 Å². The second-order valence-corrected chi connectivity index (χ2v) is 6.56. The number of benzene rings is 2. The maximum atomic E-state index is 14.1. The Bertz CT molecular complexity index is 1140. The SMILES string of the molecule is CCOC(=O)C(C)c1c(C)n(C(=O)c2ccc(F)c(F)c2)c2cc(F)c(O)cc12. The van der Waals surface area contributed by atoms with Gasteiger partial charge in [-0.2, -0.15) is 0 Å². The summed E-state index contributed by atoms with van der Waals surface area (Å²) in [6, 6.07) is 4.75. The van der Waals surface area contributed by atoms with Crippen LogP contribution in [0.15, 0.2) is 30.3 Å². The Labute approximate surface area is 164 Å². The van der Waals surface area contributed by atoms with Crippen LogP contribution in [0.1, 0.15) is 41.4 Å². The minimum Gasteiger partial charge on any atom is -0.505 e. The highest BCUT2D eigenvalue weighted by atomic mass is 19.2.